The Hall–Kier alpha value is -2.04. The molecule has 3 aliphatic rings. The number of hydrogen-bond donors (Lipinski definition) is 1. The average Bonchev–Trinajstić information content (AvgIpc) is 3.43. The van der Waals surface area contributed by atoms with Crippen molar-refractivity contribution in [3.63, 3.8) is 0 Å². The van der Waals surface area contributed by atoms with Gasteiger partial charge in [0.25, 0.3) is 5.91 Å². The molecule has 2 amide bonds. The predicted molar refractivity (Wildman–Crippen MR) is 99.1 cm³/mol. The lowest BCUT2D eigenvalue weighted by atomic mass is 9.83. The molecule has 0 unspecified atom stereocenters. The minimum absolute atomic E-state index is 0.0205. The maximum absolute atomic E-state index is 12.5. The summed E-state index contributed by atoms with van der Waals surface area (Å²) in [5, 5.41) is 3.00. The molecule has 0 spiro atoms. The second-order valence-corrected chi connectivity index (χ2v) is 8.01. The van der Waals surface area contributed by atoms with Gasteiger partial charge in [0.1, 0.15) is 5.75 Å². The Balaban J connectivity index is 1.29. The number of piperidine rings is 1. The van der Waals surface area contributed by atoms with Crippen molar-refractivity contribution in [3.8, 4) is 5.75 Å². The first-order valence-electron chi connectivity index (χ1n) is 10.0. The second-order valence-electron chi connectivity index (χ2n) is 8.01. The Labute approximate surface area is 155 Å². The van der Waals surface area contributed by atoms with Gasteiger partial charge in [-0.1, -0.05) is 12.5 Å². The van der Waals surface area contributed by atoms with Crippen molar-refractivity contribution in [1.29, 1.82) is 0 Å². The third-order valence-electron chi connectivity index (χ3n) is 5.78. The zero-order chi connectivity index (χ0) is 17.9. The first-order chi connectivity index (χ1) is 12.7. The molecule has 1 N–H and O–H groups in total. The Morgan fingerprint density at radius 2 is 1.96 bits per heavy atom. The van der Waals surface area contributed by atoms with Crippen molar-refractivity contribution in [2.75, 3.05) is 19.7 Å². The fourth-order valence-electron chi connectivity index (χ4n) is 3.75. The molecule has 1 saturated heterocycles. The smallest absolute Gasteiger partial charge is 0.251 e. The normalized spacial score (nSPS) is 23.2. The van der Waals surface area contributed by atoms with Crippen molar-refractivity contribution < 1.29 is 14.3 Å². The monoisotopic (exact) mass is 356 g/mol. The molecule has 1 atom stereocenters. The molecule has 0 aromatic heterocycles. The van der Waals surface area contributed by atoms with Gasteiger partial charge in [0.05, 0.1) is 6.61 Å². The molecule has 140 valence electrons. The standard InChI is InChI=1S/C21H28N2O3/c24-20(22-18-9-10-18)17-7-2-8-19(12-17)26-14-15-4-3-11-23(13-15)21(25)16-5-1-6-16/h2,7-8,12,15-16,18H,1,3-6,9-11,13-14H2,(H,22,24)/t15-/m0/s1. The van der Waals surface area contributed by atoms with Crippen LogP contribution in [-0.2, 0) is 4.79 Å². The fraction of sp³-hybridized carbons (Fsp3) is 0.619. The van der Waals surface area contributed by atoms with Gasteiger partial charge >= 0.3 is 0 Å². The van der Waals surface area contributed by atoms with Crippen LogP contribution in [0.25, 0.3) is 0 Å². The maximum Gasteiger partial charge on any atom is 0.251 e. The number of nitrogens with one attached hydrogen (secondary N) is 1. The van der Waals surface area contributed by atoms with E-state index in [0.29, 0.717) is 30.0 Å². The van der Waals surface area contributed by atoms with Crippen LogP contribution < -0.4 is 10.1 Å². The van der Waals surface area contributed by atoms with Crippen LogP contribution in [-0.4, -0.2) is 42.5 Å². The minimum atomic E-state index is -0.0205. The van der Waals surface area contributed by atoms with Gasteiger partial charge in [-0.15, -0.1) is 0 Å². The largest absolute Gasteiger partial charge is 0.493 e. The van der Waals surface area contributed by atoms with Gasteiger partial charge in [0.2, 0.25) is 5.91 Å². The van der Waals surface area contributed by atoms with Crippen LogP contribution in [0.2, 0.25) is 0 Å². The van der Waals surface area contributed by atoms with E-state index in [9.17, 15) is 9.59 Å². The predicted octanol–water partition coefficient (Wildman–Crippen LogP) is 3.00. The summed E-state index contributed by atoms with van der Waals surface area (Å²) >= 11 is 0. The van der Waals surface area contributed by atoms with Gasteiger partial charge in [-0.3, -0.25) is 9.59 Å². The molecule has 3 fully saturated rings. The highest BCUT2D eigenvalue weighted by atomic mass is 16.5. The molecule has 1 aromatic rings. The molecular formula is C21H28N2O3. The summed E-state index contributed by atoms with van der Waals surface area (Å²) in [4.78, 5) is 26.7. The molecule has 4 rings (SSSR count). The highest BCUT2D eigenvalue weighted by molar-refractivity contribution is 5.94. The molecule has 2 aliphatic carbocycles. The molecular weight excluding hydrogens is 328 g/mol. The van der Waals surface area contributed by atoms with E-state index in [2.05, 4.69) is 5.32 Å². The second kappa shape index (κ2) is 7.68. The van der Waals surface area contributed by atoms with Gasteiger partial charge < -0.3 is 15.0 Å². The first-order valence-corrected chi connectivity index (χ1v) is 10.0. The van der Waals surface area contributed by atoms with Crippen molar-refractivity contribution in [1.82, 2.24) is 10.2 Å². The van der Waals surface area contributed by atoms with E-state index in [1.807, 2.05) is 29.2 Å². The Bertz CT molecular complexity index is 667. The van der Waals surface area contributed by atoms with Crippen LogP contribution in [0.4, 0.5) is 0 Å². The highest BCUT2D eigenvalue weighted by Gasteiger charge is 2.32. The van der Waals surface area contributed by atoms with Crippen molar-refractivity contribution in [2.24, 2.45) is 11.8 Å². The van der Waals surface area contributed by atoms with E-state index in [1.54, 1.807) is 0 Å². The Kier molecular flexibility index (Phi) is 5.14. The Morgan fingerprint density at radius 3 is 2.69 bits per heavy atom. The van der Waals surface area contributed by atoms with Gasteiger partial charge in [-0.2, -0.15) is 0 Å². The number of hydrogen-bond acceptors (Lipinski definition) is 3. The molecule has 1 aromatic carbocycles. The quantitative estimate of drug-likeness (QED) is 0.852. The number of carbonyl (C=O) groups is 2. The van der Waals surface area contributed by atoms with Crippen LogP contribution in [0.5, 0.6) is 5.75 Å². The third-order valence-corrected chi connectivity index (χ3v) is 5.78. The SMILES string of the molecule is O=C(NC1CC1)c1cccc(OC[C@H]2CCCN(C(=O)C3CCC3)C2)c1. The summed E-state index contributed by atoms with van der Waals surface area (Å²) in [6.07, 6.45) is 7.63. The van der Waals surface area contributed by atoms with E-state index in [1.165, 1.54) is 6.42 Å². The average molecular weight is 356 g/mol. The van der Waals surface area contributed by atoms with Gasteiger partial charge in [0, 0.05) is 36.5 Å². The van der Waals surface area contributed by atoms with Crippen LogP contribution in [0, 0.1) is 11.8 Å². The third kappa shape index (κ3) is 4.19. The van der Waals surface area contributed by atoms with E-state index in [-0.39, 0.29) is 11.8 Å². The number of nitrogens with zero attached hydrogens (tertiary/aromatic N) is 1. The minimum Gasteiger partial charge on any atom is -0.493 e. The van der Waals surface area contributed by atoms with E-state index in [4.69, 9.17) is 4.74 Å². The molecule has 1 heterocycles. The number of carbonyl (C=O) groups excluding carboxylic acids is 2. The number of ether oxygens (including phenoxy) is 1. The lowest BCUT2D eigenvalue weighted by Gasteiger charge is -2.37. The zero-order valence-electron chi connectivity index (χ0n) is 15.3. The van der Waals surface area contributed by atoms with Crippen molar-refractivity contribution in [2.45, 2.75) is 51.0 Å². The summed E-state index contributed by atoms with van der Waals surface area (Å²) in [5.74, 6) is 1.71. The van der Waals surface area contributed by atoms with E-state index >= 15 is 0 Å². The Morgan fingerprint density at radius 1 is 1.12 bits per heavy atom. The first kappa shape index (κ1) is 17.4. The van der Waals surface area contributed by atoms with Gasteiger partial charge in [0.15, 0.2) is 0 Å². The molecule has 26 heavy (non-hydrogen) atoms. The number of likely N-dealkylation sites (tertiary alicyclic amines) is 1. The summed E-state index contributed by atoms with van der Waals surface area (Å²) < 4.78 is 5.97. The molecule has 5 nitrogen and oxygen atoms in total. The van der Waals surface area contributed by atoms with Crippen LogP contribution in [0.15, 0.2) is 24.3 Å². The van der Waals surface area contributed by atoms with Crippen molar-refractivity contribution in [3.05, 3.63) is 29.8 Å². The van der Waals surface area contributed by atoms with Gasteiger partial charge in [-0.05, 0) is 56.7 Å². The molecule has 1 aliphatic heterocycles. The number of amides is 2. The lowest BCUT2D eigenvalue weighted by molar-refractivity contribution is -0.140. The van der Waals surface area contributed by atoms with Gasteiger partial charge in [-0.25, -0.2) is 0 Å². The van der Waals surface area contributed by atoms with E-state index in [0.717, 1.165) is 57.4 Å². The fourth-order valence-corrected chi connectivity index (χ4v) is 3.75. The zero-order valence-corrected chi connectivity index (χ0v) is 15.3. The molecule has 0 radical (unpaired) electrons. The highest BCUT2D eigenvalue weighted by Crippen LogP contribution is 2.30. The van der Waals surface area contributed by atoms with E-state index < -0.39 is 0 Å². The lowest BCUT2D eigenvalue weighted by Crippen LogP contribution is -2.45. The topological polar surface area (TPSA) is 58.6 Å². The number of benzene rings is 1. The molecule has 5 heteroatoms. The summed E-state index contributed by atoms with van der Waals surface area (Å²) in [5.41, 5.74) is 0.653. The molecule has 0 bridgehead atoms. The summed E-state index contributed by atoms with van der Waals surface area (Å²) in [6, 6.07) is 7.76. The number of rotatable bonds is 6. The summed E-state index contributed by atoms with van der Waals surface area (Å²) in [7, 11) is 0. The summed E-state index contributed by atoms with van der Waals surface area (Å²) in [6.45, 7) is 2.29. The van der Waals surface area contributed by atoms with Crippen LogP contribution in [0.3, 0.4) is 0 Å². The van der Waals surface area contributed by atoms with Crippen LogP contribution >= 0.6 is 0 Å². The maximum atomic E-state index is 12.5. The van der Waals surface area contributed by atoms with Crippen LogP contribution in [0.1, 0.15) is 55.3 Å². The molecule has 2 saturated carbocycles. The van der Waals surface area contributed by atoms with Crippen molar-refractivity contribution >= 4 is 11.8 Å².